The average molecular weight is 319 g/mol. The summed E-state index contributed by atoms with van der Waals surface area (Å²) in [4.78, 5) is 9.23. The Morgan fingerprint density at radius 2 is 2.22 bits per heavy atom. The molecule has 1 aliphatic heterocycles. The van der Waals surface area contributed by atoms with Crippen LogP contribution in [0.4, 0.5) is 5.82 Å². The van der Waals surface area contributed by atoms with E-state index in [-0.39, 0.29) is 17.6 Å². The molecule has 128 valence electrons. The molecule has 0 spiro atoms. The number of rotatable bonds is 6. The zero-order valence-electron chi connectivity index (χ0n) is 14.6. The molecular weight excluding hydrogens is 290 g/mol. The number of ether oxygens (including phenoxy) is 1. The van der Waals surface area contributed by atoms with Crippen molar-refractivity contribution in [3.05, 3.63) is 17.6 Å². The molecule has 2 heterocycles. The Morgan fingerprint density at radius 1 is 1.39 bits per heavy atom. The van der Waals surface area contributed by atoms with Gasteiger partial charge < -0.3 is 15.2 Å². The minimum atomic E-state index is -0.142. The Hall–Kier alpha value is -1.20. The Labute approximate surface area is 138 Å². The molecule has 5 nitrogen and oxygen atoms in total. The Balaban J connectivity index is 1.70. The van der Waals surface area contributed by atoms with E-state index in [1.165, 1.54) is 0 Å². The van der Waals surface area contributed by atoms with Crippen molar-refractivity contribution in [1.29, 1.82) is 0 Å². The second kappa shape index (κ2) is 6.36. The molecule has 2 fully saturated rings. The third kappa shape index (κ3) is 3.36. The summed E-state index contributed by atoms with van der Waals surface area (Å²) in [5, 5.41) is 13.2. The molecule has 1 aromatic rings. The predicted molar refractivity (Wildman–Crippen MR) is 90.6 cm³/mol. The van der Waals surface area contributed by atoms with E-state index < -0.39 is 0 Å². The van der Waals surface area contributed by atoms with Crippen molar-refractivity contribution in [3.8, 4) is 0 Å². The van der Waals surface area contributed by atoms with Crippen molar-refractivity contribution in [2.75, 3.05) is 25.1 Å². The first-order valence-electron chi connectivity index (χ1n) is 8.84. The van der Waals surface area contributed by atoms with Gasteiger partial charge in [0, 0.05) is 29.6 Å². The number of nitrogens with zero attached hydrogens (tertiary/aromatic N) is 2. The van der Waals surface area contributed by atoms with E-state index >= 15 is 0 Å². The summed E-state index contributed by atoms with van der Waals surface area (Å²) in [6.07, 6.45) is 5.25. The van der Waals surface area contributed by atoms with E-state index in [9.17, 15) is 5.11 Å². The summed E-state index contributed by atoms with van der Waals surface area (Å²) in [5.41, 5.74) is 0.843. The molecule has 3 unspecified atom stereocenters. The normalized spacial score (nSPS) is 31.1. The van der Waals surface area contributed by atoms with Gasteiger partial charge in [0.25, 0.3) is 0 Å². The van der Waals surface area contributed by atoms with Gasteiger partial charge in [-0.2, -0.15) is 0 Å². The van der Waals surface area contributed by atoms with Crippen LogP contribution in [0.1, 0.15) is 63.4 Å². The number of anilines is 1. The number of aryl methyl sites for hydroxylation is 1. The van der Waals surface area contributed by atoms with Gasteiger partial charge in [0.05, 0.1) is 18.8 Å². The fraction of sp³-hybridized carbons (Fsp3) is 0.778. The lowest BCUT2D eigenvalue weighted by molar-refractivity contribution is 0.00951. The predicted octanol–water partition coefficient (Wildman–Crippen LogP) is 3.03. The standard InChI is InChI=1S/C18H29N3O2/c1-4-13(2)16-20-14(3)8-15(21-16)19-10-18-7-5-6-17(9-18,11-22)12-23-18/h8,13,22H,4-7,9-12H2,1-3H3,(H,19,20,21). The first-order valence-corrected chi connectivity index (χ1v) is 8.84. The van der Waals surface area contributed by atoms with Crippen LogP contribution in [0.5, 0.6) is 0 Å². The van der Waals surface area contributed by atoms with Gasteiger partial charge in [-0.1, -0.05) is 13.8 Å². The zero-order valence-corrected chi connectivity index (χ0v) is 14.6. The monoisotopic (exact) mass is 319 g/mol. The summed E-state index contributed by atoms with van der Waals surface area (Å²) in [5.74, 6) is 2.17. The van der Waals surface area contributed by atoms with Crippen molar-refractivity contribution in [3.63, 3.8) is 0 Å². The fourth-order valence-electron chi connectivity index (χ4n) is 3.92. The quantitative estimate of drug-likeness (QED) is 0.843. The van der Waals surface area contributed by atoms with Crippen LogP contribution in [-0.4, -0.2) is 40.4 Å². The van der Waals surface area contributed by atoms with Gasteiger partial charge in [-0.15, -0.1) is 0 Å². The molecule has 3 atom stereocenters. The number of hydrogen-bond donors (Lipinski definition) is 2. The summed E-state index contributed by atoms with van der Waals surface area (Å²) < 4.78 is 6.14. The van der Waals surface area contributed by atoms with E-state index in [2.05, 4.69) is 29.1 Å². The van der Waals surface area contributed by atoms with Crippen LogP contribution in [0.15, 0.2) is 6.07 Å². The average Bonchev–Trinajstić information content (AvgIpc) is 2.83. The van der Waals surface area contributed by atoms with E-state index in [0.717, 1.165) is 56.0 Å². The molecule has 0 aromatic carbocycles. The van der Waals surface area contributed by atoms with Crippen molar-refractivity contribution in [2.45, 2.75) is 64.4 Å². The summed E-state index contributed by atoms with van der Waals surface area (Å²) in [7, 11) is 0. The largest absolute Gasteiger partial charge is 0.396 e. The third-order valence-corrected chi connectivity index (χ3v) is 5.57. The van der Waals surface area contributed by atoms with Crippen LogP contribution in [0.25, 0.3) is 0 Å². The minimum Gasteiger partial charge on any atom is -0.396 e. The minimum absolute atomic E-state index is 0.0105. The van der Waals surface area contributed by atoms with Gasteiger partial charge >= 0.3 is 0 Å². The maximum absolute atomic E-state index is 9.71. The maximum atomic E-state index is 9.71. The molecule has 23 heavy (non-hydrogen) atoms. The molecule has 0 radical (unpaired) electrons. The molecule has 1 saturated heterocycles. The summed E-state index contributed by atoms with van der Waals surface area (Å²) in [6.45, 7) is 8.01. The fourth-order valence-corrected chi connectivity index (χ4v) is 3.92. The molecule has 3 rings (SSSR count). The van der Waals surface area contributed by atoms with Gasteiger partial charge in [0.1, 0.15) is 11.6 Å². The van der Waals surface area contributed by atoms with Crippen LogP contribution in [0.3, 0.4) is 0 Å². The maximum Gasteiger partial charge on any atom is 0.133 e. The SMILES string of the molecule is CCC(C)c1nc(C)cc(NCC23CCCC(CO)(CO2)C3)n1. The number of aliphatic hydroxyl groups is 1. The van der Waals surface area contributed by atoms with Gasteiger partial charge in [-0.05, 0) is 39.0 Å². The van der Waals surface area contributed by atoms with Crippen LogP contribution >= 0.6 is 0 Å². The molecular formula is C18H29N3O2. The van der Waals surface area contributed by atoms with E-state index in [1.54, 1.807) is 0 Å². The van der Waals surface area contributed by atoms with Crippen molar-refractivity contribution in [2.24, 2.45) is 5.41 Å². The number of fused-ring (bicyclic) bond motifs is 2. The lowest BCUT2D eigenvalue weighted by atomic mass is 9.71. The Morgan fingerprint density at radius 3 is 2.96 bits per heavy atom. The lowest BCUT2D eigenvalue weighted by Gasteiger charge is -2.36. The second-order valence-corrected chi connectivity index (χ2v) is 7.58. The van der Waals surface area contributed by atoms with Crippen LogP contribution in [0.2, 0.25) is 0 Å². The summed E-state index contributed by atoms with van der Waals surface area (Å²) in [6, 6.07) is 2.00. The van der Waals surface area contributed by atoms with Crippen molar-refractivity contribution in [1.82, 2.24) is 9.97 Å². The molecule has 1 aromatic heterocycles. The van der Waals surface area contributed by atoms with Crippen LogP contribution < -0.4 is 5.32 Å². The number of hydrogen-bond acceptors (Lipinski definition) is 5. The molecule has 2 aliphatic rings. The van der Waals surface area contributed by atoms with Gasteiger partial charge in [-0.3, -0.25) is 0 Å². The topological polar surface area (TPSA) is 67.3 Å². The highest BCUT2D eigenvalue weighted by molar-refractivity contribution is 5.37. The molecule has 2 bridgehead atoms. The number of aromatic nitrogens is 2. The smallest absolute Gasteiger partial charge is 0.133 e. The lowest BCUT2D eigenvalue weighted by Crippen LogP contribution is -2.41. The Kier molecular flexibility index (Phi) is 4.61. The van der Waals surface area contributed by atoms with Gasteiger partial charge in [0.15, 0.2) is 0 Å². The summed E-state index contributed by atoms with van der Waals surface area (Å²) >= 11 is 0. The molecule has 2 N–H and O–H groups in total. The molecule has 5 heteroatoms. The van der Waals surface area contributed by atoms with E-state index in [0.29, 0.717) is 12.5 Å². The van der Waals surface area contributed by atoms with Gasteiger partial charge in [0.2, 0.25) is 0 Å². The highest BCUT2D eigenvalue weighted by atomic mass is 16.5. The highest BCUT2D eigenvalue weighted by Crippen LogP contribution is 2.49. The van der Waals surface area contributed by atoms with E-state index in [1.807, 2.05) is 13.0 Å². The zero-order chi connectivity index (χ0) is 16.5. The molecule has 0 amide bonds. The van der Waals surface area contributed by atoms with Crippen LogP contribution in [-0.2, 0) is 4.74 Å². The highest BCUT2D eigenvalue weighted by Gasteiger charge is 2.51. The third-order valence-electron chi connectivity index (χ3n) is 5.57. The van der Waals surface area contributed by atoms with Crippen molar-refractivity contribution < 1.29 is 9.84 Å². The first-order chi connectivity index (χ1) is 11.0. The first kappa shape index (κ1) is 16.7. The van der Waals surface area contributed by atoms with E-state index in [4.69, 9.17) is 4.74 Å². The number of nitrogens with one attached hydrogen (secondary N) is 1. The molecule has 1 aliphatic carbocycles. The van der Waals surface area contributed by atoms with Crippen LogP contribution in [0, 0.1) is 12.3 Å². The Bertz CT molecular complexity index is 565. The number of aliphatic hydroxyl groups excluding tert-OH is 1. The molecule has 1 saturated carbocycles. The van der Waals surface area contributed by atoms with Gasteiger partial charge in [-0.25, -0.2) is 9.97 Å². The van der Waals surface area contributed by atoms with Crippen molar-refractivity contribution >= 4 is 5.82 Å². The second-order valence-electron chi connectivity index (χ2n) is 7.58.